The zero-order valence-corrected chi connectivity index (χ0v) is 7.77. The van der Waals surface area contributed by atoms with E-state index in [1.807, 2.05) is 24.3 Å². The third-order valence-corrected chi connectivity index (χ3v) is 1.89. The number of anilines is 1. The van der Waals surface area contributed by atoms with Crippen molar-refractivity contribution in [3.8, 4) is 0 Å². The molecule has 0 amide bonds. The van der Waals surface area contributed by atoms with Gasteiger partial charge in [0.1, 0.15) is 5.82 Å². The molecule has 1 N–H and O–H groups in total. The Balaban J connectivity index is 2.36. The SMILES string of the molecule is C=CCNc1ccc2cccnc2n1. The summed E-state index contributed by atoms with van der Waals surface area (Å²) in [7, 11) is 0. The summed E-state index contributed by atoms with van der Waals surface area (Å²) >= 11 is 0. The van der Waals surface area contributed by atoms with Crippen LogP contribution >= 0.6 is 0 Å². The highest BCUT2D eigenvalue weighted by Crippen LogP contribution is 2.11. The molecule has 2 rings (SSSR count). The lowest BCUT2D eigenvalue weighted by molar-refractivity contribution is 1.23. The normalized spacial score (nSPS) is 10.0. The predicted octanol–water partition coefficient (Wildman–Crippen LogP) is 2.23. The zero-order valence-electron chi connectivity index (χ0n) is 7.77. The van der Waals surface area contributed by atoms with Gasteiger partial charge in [0.15, 0.2) is 5.65 Å². The van der Waals surface area contributed by atoms with Gasteiger partial charge in [-0.15, -0.1) is 6.58 Å². The Morgan fingerprint density at radius 3 is 3.14 bits per heavy atom. The van der Waals surface area contributed by atoms with E-state index in [1.165, 1.54) is 0 Å². The van der Waals surface area contributed by atoms with E-state index in [2.05, 4.69) is 21.9 Å². The van der Waals surface area contributed by atoms with Crippen LogP contribution in [0, 0.1) is 0 Å². The highest BCUT2D eigenvalue weighted by Gasteiger charge is 1.96. The Labute approximate surface area is 82.5 Å². The highest BCUT2D eigenvalue weighted by molar-refractivity contribution is 5.76. The van der Waals surface area contributed by atoms with Gasteiger partial charge in [-0.2, -0.15) is 0 Å². The number of nitrogens with zero attached hydrogens (tertiary/aromatic N) is 2. The smallest absolute Gasteiger partial charge is 0.161 e. The average Bonchev–Trinajstić information content (AvgIpc) is 2.26. The molecule has 0 aliphatic rings. The number of fused-ring (bicyclic) bond motifs is 1. The highest BCUT2D eigenvalue weighted by atomic mass is 15.0. The summed E-state index contributed by atoms with van der Waals surface area (Å²) in [6.07, 6.45) is 3.54. The van der Waals surface area contributed by atoms with Crippen molar-refractivity contribution in [2.24, 2.45) is 0 Å². The molecule has 0 aliphatic heterocycles. The fourth-order valence-electron chi connectivity index (χ4n) is 1.23. The summed E-state index contributed by atoms with van der Waals surface area (Å²) in [6, 6.07) is 7.84. The lowest BCUT2D eigenvalue weighted by Gasteiger charge is -2.02. The molecule has 3 nitrogen and oxygen atoms in total. The van der Waals surface area contributed by atoms with E-state index in [0.717, 1.165) is 16.9 Å². The van der Waals surface area contributed by atoms with E-state index >= 15 is 0 Å². The van der Waals surface area contributed by atoms with Crippen LogP contribution in [-0.4, -0.2) is 16.5 Å². The summed E-state index contributed by atoms with van der Waals surface area (Å²) in [5, 5.41) is 4.17. The van der Waals surface area contributed by atoms with Crippen LogP contribution in [0.2, 0.25) is 0 Å². The molecule has 0 saturated heterocycles. The maximum atomic E-state index is 4.34. The Hall–Kier alpha value is -1.90. The van der Waals surface area contributed by atoms with E-state index in [0.29, 0.717) is 6.54 Å². The van der Waals surface area contributed by atoms with E-state index in [9.17, 15) is 0 Å². The van der Waals surface area contributed by atoms with Gasteiger partial charge in [0, 0.05) is 18.1 Å². The molecule has 0 spiro atoms. The quantitative estimate of drug-likeness (QED) is 0.745. The van der Waals surface area contributed by atoms with Gasteiger partial charge in [0.2, 0.25) is 0 Å². The summed E-state index contributed by atoms with van der Waals surface area (Å²) in [5.41, 5.74) is 0.765. The molecule has 3 heteroatoms. The molecule has 0 radical (unpaired) electrons. The van der Waals surface area contributed by atoms with E-state index in [4.69, 9.17) is 0 Å². The van der Waals surface area contributed by atoms with Gasteiger partial charge in [-0.3, -0.25) is 0 Å². The van der Waals surface area contributed by atoms with Crippen LogP contribution in [0.4, 0.5) is 5.82 Å². The van der Waals surface area contributed by atoms with Crippen LogP contribution in [0.25, 0.3) is 11.0 Å². The van der Waals surface area contributed by atoms with Gasteiger partial charge < -0.3 is 5.32 Å². The first-order chi connectivity index (χ1) is 6.90. The molecule has 0 unspecified atom stereocenters. The van der Waals surface area contributed by atoms with Crippen molar-refractivity contribution in [1.29, 1.82) is 0 Å². The van der Waals surface area contributed by atoms with Crippen LogP contribution in [0.5, 0.6) is 0 Å². The summed E-state index contributed by atoms with van der Waals surface area (Å²) in [5.74, 6) is 0.830. The molecule has 0 fully saturated rings. The number of nitrogens with one attached hydrogen (secondary N) is 1. The summed E-state index contributed by atoms with van der Waals surface area (Å²) < 4.78 is 0. The zero-order chi connectivity index (χ0) is 9.80. The van der Waals surface area contributed by atoms with Crippen LogP contribution in [0.15, 0.2) is 43.1 Å². The maximum absolute atomic E-state index is 4.34. The van der Waals surface area contributed by atoms with Crippen LogP contribution < -0.4 is 5.32 Å². The molecular formula is C11H11N3. The molecule has 0 aliphatic carbocycles. The van der Waals surface area contributed by atoms with E-state index < -0.39 is 0 Å². The largest absolute Gasteiger partial charge is 0.367 e. The van der Waals surface area contributed by atoms with Gasteiger partial charge in [0.25, 0.3) is 0 Å². The molecule has 2 aromatic heterocycles. The Kier molecular flexibility index (Phi) is 2.40. The molecule has 2 aromatic rings. The first kappa shape index (κ1) is 8.69. The van der Waals surface area contributed by atoms with Gasteiger partial charge in [-0.25, -0.2) is 9.97 Å². The molecule has 0 saturated carbocycles. The Morgan fingerprint density at radius 2 is 2.29 bits per heavy atom. The van der Waals surface area contributed by atoms with Gasteiger partial charge in [-0.1, -0.05) is 6.08 Å². The molecular weight excluding hydrogens is 174 g/mol. The Morgan fingerprint density at radius 1 is 1.36 bits per heavy atom. The predicted molar refractivity (Wildman–Crippen MR) is 58.2 cm³/mol. The summed E-state index contributed by atoms with van der Waals surface area (Å²) in [6.45, 7) is 4.35. The minimum absolute atomic E-state index is 0.714. The molecule has 0 aromatic carbocycles. The van der Waals surface area contributed by atoms with E-state index in [-0.39, 0.29) is 0 Å². The fraction of sp³-hybridized carbons (Fsp3) is 0.0909. The first-order valence-electron chi connectivity index (χ1n) is 4.47. The van der Waals surface area contributed by atoms with Crippen molar-refractivity contribution in [3.05, 3.63) is 43.1 Å². The van der Waals surface area contributed by atoms with Crippen molar-refractivity contribution >= 4 is 16.9 Å². The van der Waals surface area contributed by atoms with Crippen LogP contribution in [0.1, 0.15) is 0 Å². The second-order valence-corrected chi connectivity index (χ2v) is 2.92. The third-order valence-electron chi connectivity index (χ3n) is 1.89. The standard InChI is InChI=1S/C11H11N3/c1-2-7-12-10-6-5-9-4-3-8-13-11(9)14-10/h2-6,8H,1,7H2,(H,12,13,14). The third kappa shape index (κ3) is 1.71. The van der Waals surface area contributed by atoms with Crippen molar-refractivity contribution < 1.29 is 0 Å². The molecule has 0 atom stereocenters. The summed E-state index contributed by atoms with van der Waals surface area (Å²) in [4.78, 5) is 8.52. The van der Waals surface area contributed by atoms with Gasteiger partial charge in [0.05, 0.1) is 0 Å². The molecule has 14 heavy (non-hydrogen) atoms. The number of rotatable bonds is 3. The minimum Gasteiger partial charge on any atom is -0.367 e. The lowest BCUT2D eigenvalue weighted by Crippen LogP contribution is -2.00. The average molecular weight is 185 g/mol. The number of hydrogen-bond acceptors (Lipinski definition) is 3. The van der Waals surface area contributed by atoms with Crippen molar-refractivity contribution in [3.63, 3.8) is 0 Å². The van der Waals surface area contributed by atoms with Gasteiger partial charge >= 0.3 is 0 Å². The second kappa shape index (κ2) is 3.87. The first-order valence-corrected chi connectivity index (χ1v) is 4.47. The maximum Gasteiger partial charge on any atom is 0.161 e. The van der Waals surface area contributed by atoms with Crippen LogP contribution in [-0.2, 0) is 0 Å². The Bertz CT molecular complexity index is 451. The molecule has 0 bridgehead atoms. The lowest BCUT2D eigenvalue weighted by atomic mass is 10.3. The number of aromatic nitrogens is 2. The minimum atomic E-state index is 0.714. The van der Waals surface area contributed by atoms with Crippen molar-refractivity contribution in [2.75, 3.05) is 11.9 Å². The van der Waals surface area contributed by atoms with E-state index in [1.54, 1.807) is 12.3 Å². The van der Waals surface area contributed by atoms with Gasteiger partial charge in [-0.05, 0) is 24.3 Å². The molecule has 2 heterocycles. The topological polar surface area (TPSA) is 37.8 Å². The van der Waals surface area contributed by atoms with Crippen molar-refractivity contribution in [1.82, 2.24) is 9.97 Å². The van der Waals surface area contributed by atoms with Crippen LogP contribution in [0.3, 0.4) is 0 Å². The second-order valence-electron chi connectivity index (χ2n) is 2.92. The number of pyridine rings is 2. The molecule has 70 valence electrons. The monoisotopic (exact) mass is 185 g/mol. The fourth-order valence-corrected chi connectivity index (χ4v) is 1.23. The number of hydrogen-bond donors (Lipinski definition) is 1. The van der Waals surface area contributed by atoms with Crippen molar-refractivity contribution in [2.45, 2.75) is 0 Å².